The van der Waals surface area contributed by atoms with Gasteiger partial charge >= 0.3 is 0 Å². The average Bonchev–Trinajstić information content (AvgIpc) is 2.43. The molecular weight excluding hydrogens is 304 g/mol. The van der Waals surface area contributed by atoms with Gasteiger partial charge < -0.3 is 11.1 Å². The van der Waals surface area contributed by atoms with Gasteiger partial charge in [-0.2, -0.15) is 0 Å². The molecule has 21 heavy (non-hydrogen) atoms. The molecule has 0 aliphatic rings. The van der Waals surface area contributed by atoms with Gasteiger partial charge in [0, 0.05) is 22.7 Å². The molecule has 0 heterocycles. The molecule has 0 aliphatic carbocycles. The first-order chi connectivity index (χ1) is 9.58. The van der Waals surface area contributed by atoms with Crippen molar-refractivity contribution in [2.75, 3.05) is 6.54 Å². The Morgan fingerprint density at radius 3 is 2.57 bits per heavy atom. The highest BCUT2D eigenvalue weighted by Gasteiger charge is 2.15. The molecule has 1 rings (SSSR count). The number of rotatable bonds is 8. The molecule has 3 nitrogen and oxygen atoms in total. The van der Waals surface area contributed by atoms with Crippen LogP contribution in [0.15, 0.2) is 29.2 Å². The lowest BCUT2D eigenvalue weighted by molar-refractivity contribution is 0.0933. The Hall–Kier alpha value is -0.710. The molecule has 0 aromatic heterocycles. The van der Waals surface area contributed by atoms with Crippen LogP contribution in [0.5, 0.6) is 0 Å². The van der Waals surface area contributed by atoms with Crippen molar-refractivity contribution >= 4 is 30.1 Å². The van der Waals surface area contributed by atoms with Crippen LogP contribution in [0.25, 0.3) is 0 Å². The number of carbonyl (C=O) groups excluding carboxylic acids is 1. The minimum absolute atomic E-state index is 0. The molecule has 3 N–H and O–H groups in total. The van der Waals surface area contributed by atoms with Crippen molar-refractivity contribution < 1.29 is 4.79 Å². The smallest absolute Gasteiger partial charge is 0.252 e. The third-order valence-corrected chi connectivity index (χ3v) is 4.10. The summed E-state index contributed by atoms with van der Waals surface area (Å²) in [5, 5.41) is 3.51. The summed E-state index contributed by atoms with van der Waals surface area (Å²) < 4.78 is 0. The summed E-state index contributed by atoms with van der Waals surface area (Å²) in [6.07, 6.45) is 3.15. The van der Waals surface area contributed by atoms with E-state index in [1.54, 1.807) is 11.8 Å². The fourth-order valence-electron chi connectivity index (χ4n) is 1.97. The summed E-state index contributed by atoms with van der Waals surface area (Å²) in [5.74, 6) is -0.0136. The normalized spacial score (nSPS) is 11.9. The van der Waals surface area contributed by atoms with Crippen molar-refractivity contribution in [2.24, 2.45) is 5.73 Å². The lowest BCUT2D eigenvalue weighted by Gasteiger charge is -2.18. The molecule has 0 spiro atoms. The van der Waals surface area contributed by atoms with Gasteiger partial charge in [0.05, 0.1) is 5.56 Å². The van der Waals surface area contributed by atoms with Gasteiger partial charge in [-0.25, -0.2) is 0 Å². The van der Waals surface area contributed by atoms with E-state index in [9.17, 15) is 4.79 Å². The fraction of sp³-hybridized carbons (Fsp3) is 0.562. The highest BCUT2D eigenvalue weighted by molar-refractivity contribution is 8.00. The molecule has 1 atom stereocenters. The molecule has 0 saturated heterocycles. The number of carbonyl (C=O) groups is 1. The number of benzene rings is 1. The zero-order valence-corrected chi connectivity index (χ0v) is 14.7. The molecule has 0 radical (unpaired) electrons. The Bertz CT molecular complexity index is 426. The molecular formula is C16H27ClN2OS. The Balaban J connectivity index is 0.00000400. The van der Waals surface area contributed by atoms with Crippen molar-refractivity contribution in [3.05, 3.63) is 29.8 Å². The maximum absolute atomic E-state index is 12.4. The number of amides is 1. The first-order valence-electron chi connectivity index (χ1n) is 7.35. The maximum atomic E-state index is 12.4. The highest BCUT2D eigenvalue weighted by atomic mass is 35.5. The third-order valence-electron chi connectivity index (χ3n) is 3.02. The van der Waals surface area contributed by atoms with Gasteiger partial charge in [0.15, 0.2) is 0 Å². The van der Waals surface area contributed by atoms with Gasteiger partial charge in [-0.1, -0.05) is 45.7 Å². The van der Waals surface area contributed by atoms with Crippen LogP contribution < -0.4 is 11.1 Å². The van der Waals surface area contributed by atoms with E-state index in [1.807, 2.05) is 24.3 Å². The molecule has 0 saturated carbocycles. The number of unbranched alkanes of at least 4 members (excludes halogenated alkanes) is 1. The van der Waals surface area contributed by atoms with Crippen LogP contribution in [0.2, 0.25) is 0 Å². The lowest BCUT2D eigenvalue weighted by atomic mass is 10.1. The predicted octanol–water partition coefficient (Wildman–Crippen LogP) is 3.86. The lowest BCUT2D eigenvalue weighted by Crippen LogP contribution is -2.40. The van der Waals surface area contributed by atoms with Crippen molar-refractivity contribution in [2.45, 2.75) is 56.2 Å². The molecule has 0 bridgehead atoms. The van der Waals surface area contributed by atoms with E-state index in [0.717, 1.165) is 29.7 Å². The number of halogens is 1. The highest BCUT2D eigenvalue weighted by Crippen LogP contribution is 2.26. The first-order valence-corrected chi connectivity index (χ1v) is 8.23. The number of thioether (sulfide) groups is 1. The SMILES string of the molecule is CCCCC(CN)NC(=O)c1ccccc1SC(C)C.Cl. The summed E-state index contributed by atoms with van der Waals surface area (Å²) in [5.41, 5.74) is 6.49. The van der Waals surface area contributed by atoms with E-state index < -0.39 is 0 Å². The maximum Gasteiger partial charge on any atom is 0.252 e. The van der Waals surface area contributed by atoms with Crippen LogP contribution in [0.1, 0.15) is 50.4 Å². The van der Waals surface area contributed by atoms with Crippen molar-refractivity contribution in [1.82, 2.24) is 5.32 Å². The van der Waals surface area contributed by atoms with Crippen LogP contribution in [0, 0.1) is 0 Å². The van der Waals surface area contributed by atoms with Crippen LogP contribution in [-0.4, -0.2) is 23.7 Å². The second kappa shape index (κ2) is 10.9. The molecule has 1 aromatic rings. The van der Waals surface area contributed by atoms with E-state index in [-0.39, 0.29) is 24.4 Å². The minimum atomic E-state index is -0.0136. The second-order valence-corrected chi connectivity index (χ2v) is 6.83. The Morgan fingerprint density at radius 2 is 2.00 bits per heavy atom. The summed E-state index contributed by atoms with van der Waals surface area (Å²) in [6.45, 7) is 6.89. The molecule has 1 aromatic carbocycles. The molecule has 0 fully saturated rings. The molecule has 0 aliphatic heterocycles. The molecule has 1 unspecified atom stereocenters. The number of nitrogens with one attached hydrogen (secondary N) is 1. The quantitative estimate of drug-likeness (QED) is 0.712. The second-order valence-electron chi connectivity index (χ2n) is 5.21. The standard InChI is InChI=1S/C16H26N2OS.ClH/c1-4-5-8-13(11-17)18-16(19)14-9-6-7-10-15(14)20-12(2)3;/h6-7,9-10,12-13H,4-5,8,11,17H2,1-3H3,(H,18,19);1H. The molecule has 1 amide bonds. The largest absolute Gasteiger partial charge is 0.348 e. The number of hydrogen-bond acceptors (Lipinski definition) is 3. The van der Waals surface area contributed by atoms with Gasteiger partial charge in [-0.05, 0) is 18.6 Å². The summed E-state index contributed by atoms with van der Waals surface area (Å²) >= 11 is 1.71. The summed E-state index contributed by atoms with van der Waals surface area (Å²) in [7, 11) is 0. The average molecular weight is 331 g/mol. The molecule has 120 valence electrons. The van der Waals surface area contributed by atoms with Crippen LogP contribution in [0.3, 0.4) is 0 Å². The monoisotopic (exact) mass is 330 g/mol. The fourth-order valence-corrected chi connectivity index (χ4v) is 2.93. The third kappa shape index (κ3) is 7.21. The van der Waals surface area contributed by atoms with Crippen LogP contribution in [0.4, 0.5) is 0 Å². The Labute approximate surface area is 138 Å². The van der Waals surface area contributed by atoms with Gasteiger partial charge in [0.1, 0.15) is 0 Å². The summed E-state index contributed by atoms with van der Waals surface area (Å²) in [4.78, 5) is 13.4. The zero-order chi connectivity index (χ0) is 15.0. The zero-order valence-electron chi connectivity index (χ0n) is 13.1. The first kappa shape index (κ1) is 20.3. The van der Waals surface area contributed by atoms with Crippen LogP contribution in [-0.2, 0) is 0 Å². The molecule has 5 heteroatoms. The van der Waals surface area contributed by atoms with Crippen molar-refractivity contribution in [1.29, 1.82) is 0 Å². The van der Waals surface area contributed by atoms with E-state index in [0.29, 0.717) is 11.8 Å². The number of nitrogens with two attached hydrogens (primary N) is 1. The van der Waals surface area contributed by atoms with Crippen LogP contribution >= 0.6 is 24.2 Å². The van der Waals surface area contributed by atoms with E-state index >= 15 is 0 Å². The van der Waals surface area contributed by atoms with Gasteiger partial charge in [0.25, 0.3) is 5.91 Å². The Kier molecular flexibility index (Phi) is 10.6. The van der Waals surface area contributed by atoms with Crippen molar-refractivity contribution in [3.63, 3.8) is 0 Å². The van der Waals surface area contributed by atoms with Gasteiger partial charge in [-0.3, -0.25) is 4.79 Å². The predicted molar refractivity (Wildman–Crippen MR) is 94.5 cm³/mol. The Morgan fingerprint density at radius 1 is 1.33 bits per heavy atom. The van der Waals surface area contributed by atoms with E-state index in [2.05, 4.69) is 26.1 Å². The van der Waals surface area contributed by atoms with Crippen molar-refractivity contribution in [3.8, 4) is 0 Å². The van der Waals surface area contributed by atoms with E-state index in [1.165, 1.54) is 0 Å². The van der Waals surface area contributed by atoms with Gasteiger partial charge in [0.2, 0.25) is 0 Å². The van der Waals surface area contributed by atoms with E-state index in [4.69, 9.17) is 5.73 Å². The number of hydrogen-bond donors (Lipinski definition) is 2. The van der Waals surface area contributed by atoms with Gasteiger partial charge in [-0.15, -0.1) is 24.2 Å². The topological polar surface area (TPSA) is 55.1 Å². The summed E-state index contributed by atoms with van der Waals surface area (Å²) in [6, 6.07) is 7.83. The minimum Gasteiger partial charge on any atom is -0.348 e.